The number of rotatable bonds is 5. The lowest BCUT2D eigenvalue weighted by molar-refractivity contribution is -0.126. The van der Waals surface area contributed by atoms with Gasteiger partial charge in [0.2, 0.25) is 5.91 Å². The maximum Gasteiger partial charge on any atom is 0.223 e. The first-order valence-electron chi connectivity index (χ1n) is 7.83. The highest BCUT2D eigenvalue weighted by atomic mass is 35.5. The van der Waals surface area contributed by atoms with Crippen LogP contribution in [0.1, 0.15) is 40.0 Å². The van der Waals surface area contributed by atoms with Gasteiger partial charge in [-0.3, -0.25) is 9.69 Å². The first-order chi connectivity index (χ1) is 9.09. The van der Waals surface area contributed by atoms with Crippen LogP contribution in [0.2, 0.25) is 0 Å². The van der Waals surface area contributed by atoms with E-state index >= 15 is 0 Å². The number of carbonyl (C=O) groups is 1. The molecule has 4 nitrogen and oxygen atoms in total. The van der Waals surface area contributed by atoms with E-state index in [0.29, 0.717) is 18.0 Å². The van der Waals surface area contributed by atoms with Crippen LogP contribution in [0.15, 0.2) is 0 Å². The highest BCUT2D eigenvalue weighted by Gasteiger charge is 2.29. The van der Waals surface area contributed by atoms with Crippen molar-refractivity contribution in [3.05, 3.63) is 0 Å². The normalized spacial score (nSPS) is 27.8. The van der Waals surface area contributed by atoms with E-state index in [0.717, 1.165) is 26.2 Å². The van der Waals surface area contributed by atoms with E-state index in [9.17, 15) is 4.79 Å². The van der Waals surface area contributed by atoms with Crippen molar-refractivity contribution in [2.24, 2.45) is 11.8 Å². The Morgan fingerprint density at radius 2 is 1.81 bits per heavy atom. The average molecular weight is 340 g/mol. The molecular formula is C15H31Cl2N3O. The van der Waals surface area contributed by atoms with Crippen LogP contribution in [-0.2, 0) is 4.79 Å². The van der Waals surface area contributed by atoms with Gasteiger partial charge in [-0.05, 0) is 45.7 Å². The molecule has 0 spiro atoms. The van der Waals surface area contributed by atoms with Gasteiger partial charge in [-0.15, -0.1) is 24.8 Å². The van der Waals surface area contributed by atoms with Gasteiger partial charge in [0.05, 0.1) is 0 Å². The second-order valence-corrected chi connectivity index (χ2v) is 6.36. The second-order valence-electron chi connectivity index (χ2n) is 6.36. The van der Waals surface area contributed by atoms with Crippen molar-refractivity contribution in [2.45, 2.75) is 52.1 Å². The molecule has 126 valence electrons. The molecule has 2 aliphatic heterocycles. The summed E-state index contributed by atoms with van der Waals surface area (Å²) < 4.78 is 0. The van der Waals surface area contributed by atoms with E-state index in [1.807, 2.05) is 6.92 Å². The number of piperidine rings is 1. The molecule has 2 aliphatic rings. The molecule has 2 fully saturated rings. The zero-order chi connectivity index (χ0) is 13.8. The molecule has 1 amide bonds. The molecule has 0 aromatic rings. The Balaban J connectivity index is 0.00000200. The summed E-state index contributed by atoms with van der Waals surface area (Å²) in [5, 5.41) is 6.34. The molecule has 21 heavy (non-hydrogen) atoms. The quantitative estimate of drug-likeness (QED) is 0.805. The third kappa shape index (κ3) is 5.59. The maximum atomic E-state index is 12.0. The SMILES string of the molecule is CC(C(=O)NCCN1C(C)CCCC1C)C1CNC1.Cl.Cl. The zero-order valence-corrected chi connectivity index (χ0v) is 15.1. The zero-order valence-electron chi connectivity index (χ0n) is 13.4. The number of likely N-dealkylation sites (tertiary alicyclic amines) is 1. The predicted octanol–water partition coefficient (Wildman–Crippen LogP) is 2.06. The van der Waals surface area contributed by atoms with E-state index in [1.165, 1.54) is 19.3 Å². The Hall–Kier alpha value is -0.0300. The second kappa shape index (κ2) is 9.88. The molecule has 0 bridgehead atoms. The first kappa shape index (κ1) is 21.0. The van der Waals surface area contributed by atoms with Crippen molar-refractivity contribution in [3.8, 4) is 0 Å². The number of nitrogens with one attached hydrogen (secondary N) is 2. The summed E-state index contributed by atoms with van der Waals surface area (Å²) in [6, 6.07) is 1.32. The van der Waals surface area contributed by atoms with Crippen molar-refractivity contribution in [3.63, 3.8) is 0 Å². The lowest BCUT2D eigenvalue weighted by Crippen LogP contribution is -2.51. The molecule has 0 aromatic heterocycles. The van der Waals surface area contributed by atoms with Crippen LogP contribution < -0.4 is 10.6 Å². The monoisotopic (exact) mass is 339 g/mol. The van der Waals surface area contributed by atoms with E-state index < -0.39 is 0 Å². The molecule has 0 aromatic carbocycles. The smallest absolute Gasteiger partial charge is 0.223 e. The summed E-state index contributed by atoms with van der Waals surface area (Å²) in [4.78, 5) is 14.6. The van der Waals surface area contributed by atoms with Gasteiger partial charge < -0.3 is 10.6 Å². The lowest BCUT2D eigenvalue weighted by Gasteiger charge is -2.39. The molecule has 0 aliphatic carbocycles. The summed E-state index contributed by atoms with van der Waals surface area (Å²) in [6.07, 6.45) is 3.93. The lowest BCUT2D eigenvalue weighted by atomic mass is 9.88. The third-order valence-electron chi connectivity index (χ3n) is 4.98. The minimum atomic E-state index is 0. The molecule has 2 rings (SSSR count). The van der Waals surface area contributed by atoms with Crippen molar-refractivity contribution in [1.82, 2.24) is 15.5 Å². The predicted molar refractivity (Wildman–Crippen MR) is 92.5 cm³/mol. The molecule has 2 N–H and O–H groups in total. The molecule has 0 saturated carbocycles. The average Bonchev–Trinajstić information content (AvgIpc) is 2.30. The third-order valence-corrected chi connectivity index (χ3v) is 4.98. The molecule has 2 saturated heterocycles. The highest BCUT2D eigenvalue weighted by molar-refractivity contribution is 5.85. The van der Waals surface area contributed by atoms with Gasteiger partial charge in [-0.1, -0.05) is 13.3 Å². The molecular weight excluding hydrogens is 309 g/mol. The van der Waals surface area contributed by atoms with E-state index in [4.69, 9.17) is 0 Å². The van der Waals surface area contributed by atoms with E-state index in [-0.39, 0.29) is 36.6 Å². The van der Waals surface area contributed by atoms with Crippen molar-refractivity contribution in [2.75, 3.05) is 26.2 Å². The van der Waals surface area contributed by atoms with Gasteiger partial charge in [0.25, 0.3) is 0 Å². The van der Waals surface area contributed by atoms with Crippen LogP contribution in [0, 0.1) is 11.8 Å². The fraction of sp³-hybridized carbons (Fsp3) is 0.933. The number of halogens is 2. The Labute approximate surface area is 141 Å². The van der Waals surface area contributed by atoms with Gasteiger partial charge in [-0.2, -0.15) is 0 Å². The number of hydrogen-bond acceptors (Lipinski definition) is 3. The Kier molecular flexibility index (Phi) is 9.87. The molecule has 0 radical (unpaired) electrons. The number of nitrogens with zero attached hydrogens (tertiary/aromatic N) is 1. The van der Waals surface area contributed by atoms with Crippen molar-refractivity contribution in [1.29, 1.82) is 0 Å². The topological polar surface area (TPSA) is 44.4 Å². The number of amides is 1. The van der Waals surface area contributed by atoms with Crippen molar-refractivity contribution < 1.29 is 4.79 Å². The fourth-order valence-electron chi connectivity index (χ4n) is 3.26. The molecule has 6 heteroatoms. The minimum absolute atomic E-state index is 0. The van der Waals surface area contributed by atoms with Gasteiger partial charge in [0.15, 0.2) is 0 Å². The molecule has 3 unspecified atom stereocenters. The largest absolute Gasteiger partial charge is 0.355 e. The Morgan fingerprint density at radius 3 is 2.29 bits per heavy atom. The summed E-state index contributed by atoms with van der Waals surface area (Å²) >= 11 is 0. The summed E-state index contributed by atoms with van der Waals surface area (Å²) in [7, 11) is 0. The van der Waals surface area contributed by atoms with Crippen LogP contribution >= 0.6 is 24.8 Å². The maximum absolute atomic E-state index is 12.0. The summed E-state index contributed by atoms with van der Waals surface area (Å²) in [5.41, 5.74) is 0. The summed E-state index contributed by atoms with van der Waals surface area (Å²) in [6.45, 7) is 10.4. The minimum Gasteiger partial charge on any atom is -0.355 e. The fourth-order valence-corrected chi connectivity index (χ4v) is 3.26. The van der Waals surface area contributed by atoms with Crippen LogP contribution in [0.3, 0.4) is 0 Å². The van der Waals surface area contributed by atoms with E-state index in [1.54, 1.807) is 0 Å². The molecule has 2 heterocycles. The highest BCUT2D eigenvalue weighted by Crippen LogP contribution is 2.21. The van der Waals surface area contributed by atoms with Crippen LogP contribution in [-0.4, -0.2) is 49.1 Å². The number of hydrogen-bond donors (Lipinski definition) is 2. The Morgan fingerprint density at radius 1 is 1.24 bits per heavy atom. The van der Waals surface area contributed by atoms with E-state index in [2.05, 4.69) is 29.4 Å². The Bertz CT molecular complexity index is 303. The van der Waals surface area contributed by atoms with Gasteiger partial charge in [0.1, 0.15) is 0 Å². The molecule has 3 atom stereocenters. The summed E-state index contributed by atoms with van der Waals surface area (Å²) in [5.74, 6) is 0.911. The first-order valence-corrected chi connectivity index (χ1v) is 7.83. The van der Waals surface area contributed by atoms with Gasteiger partial charge in [-0.25, -0.2) is 0 Å². The van der Waals surface area contributed by atoms with Gasteiger partial charge in [0, 0.05) is 31.1 Å². The van der Waals surface area contributed by atoms with Crippen LogP contribution in [0.4, 0.5) is 0 Å². The number of carbonyl (C=O) groups excluding carboxylic acids is 1. The van der Waals surface area contributed by atoms with Crippen LogP contribution in [0.25, 0.3) is 0 Å². The van der Waals surface area contributed by atoms with Crippen molar-refractivity contribution >= 4 is 30.7 Å². The van der Waals surface area contributed by atoms with Gasteiger partial charge >= 0.3 is 0 Å². The standard InChI is InChI=1S/C15H29N3O.2ClH/c1-11-5-4-6-12(2)18(11)8-7-17-15(19)13(3)14-9-16-10-14;;/h11-14,16H,4-10H2,1-3H3,(H,17,19);2*1H. The van der Waals surface area contributed by atoms with Crippen LogP contribution in [0.5, 0.6) is 0 Å².